The number of anilines is 2. The van der Waals surface area contributed by atoms with Crippen LogP contribution in [0, 0.1) is 0 Å². The number of nitrogens with zero attached hydrogens (tertiary/aromatic N) is 2. The van der Waals surface area contributed by atoms with Crippen LogP contribution in [-0.2, 0) is 0 Å². The van der Waals surface area contributed by atoms with E-state index in [2.05, 4.69) is 217 Å². The fourth-order valence-corrected chi connectivity index (χ4v) is 8.46. The number of hydrogen-bond acceptors (Lipinski definition) is 1. The van der Waals surface area contributed by atoms with Gasteiger partial charge < -0.3 is 9.47 Å². The van der Waals surface area contributed by atoms with Crippen LogP contribution in [0.1, 0.15) is 49.4 Å². The molecule has 0 N–H and O–H groups in total. The summed E-state index contributed by atoms with van der Waals surface area (Å²) in [6.45, 7) is 4.36. The van der Waals surface area contributed by atoms with E-state index in [1.54, 1.807) is 0 Å². The van der Waals surface area contributed by atoms with Gasteiger partial charge in [0.05, 0.1) is 17.3 Å². The molecule has 54 heavy (non-hydrogen) atoms. The fraction of sp³-hybridized carbons (Fsp3) is 0.115. The Hall–Kier alpha value is -6.38. The molecule has 0 saturated heterocycles. The lowest BCUT2D eigenvalue weighted by Gasteiger charge is -2.32. The minimum Gasteiger partial charge on any atom is -0.333 e. The van der Waals surface area contributed by atoms with Gasteiger partial charge in [-0.3, -0.25) is 0 Å². The quantitative estimate of drug-likeness (QED) is 0.168. The van der Waals surface area contributed by atoms with Crippen molar-refractivity contribution < 1.29 is 0 Å². The minimum atomic E-state index is 0.154. The van der Waals surface area contributed by atoms with Crippen molar-refractivity contribution in [3.63, 3.8) is 0 Å². The zero-order valence-corrected chi connectivity index (χ0v) is 30.9. The monoisotopic (exact) mass is 696 g/mol. The Balaban J connectivity index is 0.000000918. The van der Waals surface area contributed by atoms with Crippen molar-refractivity contribution in [2.45, 2.75) is 38.6 Å². The number of benzene rings is 7. The Morgan fingerprint density at radius 1 is 0.463 bits per heavy atom. The first kappa shape index (κ1) is 33.5. The summed E-state index contributed by atoms with van der Waals surface area (Å²) in [7, 11) is 0. The summed E-state index contributed by atoms with van der Waals surface area (Å²) < 4.78 is 2.47. The third-order valence-corrected chi connectivity index (χ3v) is 11.1. The molecule has 2 unspecified atom stereocenters. The van der Waals surface area contributed by atoms with Gasteiger partial charge in [0.1, 0.15) is 0 Å². The molecule has 0 spiro atoms. The second kappa shape index (κ2) is 14.6. The second-order valence-corrected chi connectivity index (χ2v) is 14.2. The van der Waals surface area contributed by atoms with Crippen LogP contribution in [0.3, 0.4) is 0 Å². The van der Waals surface area contributed by atoms with E-state index in [0.717, 1.165) is 0 Å². The van der Waals surface area contributed by atoms with Gasteiger partial charge in [0.25, 0.3) is 0 Å². The van der Waals surface area contributed by atoms with E-state index in [1.807, 2.05) is 0 Å². The van der Waals surface area contributed by atoms with E-state index in [0.29, 0.717) is 0 Å². The van der Waals surface area contributed by atoms with Crippen molar-refractivity contribution in [1.29, 1.82) is 0 Å². The molecule has 1 aliphatic heterocycles. The van der Waals surface area contributed by atoms with Crippen LogP contribution in [0.2, 0.25) is 0 Å². The summed E-state index contributed by atoms with van der Waals surface area (Å²) in [5.41, 5.74) is 16.4. The van der Waals surface area contributed by atoms with Gasteiger partial charge in [-0.1, -0.05) is 184 Å². The predicted octanol–water partition coefficient (Wildman–Crippen LogP) is 14.1. The molecule has 2 nitrogen and oxygen atoms in total. The zero-order valence-electron chi connectivity index (χ0n) is 30.9. The van der Waals surface area contributed by atoms with E-state index in [9.17, 15) is 0 Å². The van der Waals surface area contributed by atoms with E-state index in [1.165, 1.54) is 91.0 Å². The Bertz CT molecular complexity index is 2570. The van der Waals surface area contributed by atoms with E-state index >= 15 is 0 Å². The first-order valence-electron chi connectivity index (χ1n) is 19.4. The zero-order chi connectivity index (χ0) is 36.4. The van der Waals surface area contributed by atoms with Gasteiger partial charge in [-0.2, -0.15) is 0 Å². The van der Waals surface area contributed by atoms with Crippen LogP contribution < -0.4 is 4.90 Å². The normalized spacial score (nSPS) is 15.3. The lowest BCUT2D eigenvalue weighted by molar-refractivity contribution is 0.726. The van der Waals surface area contributed by atoms with Gasteiger partial charge in [-0.15, -0.1) is 0 Å². The van der Waals surface area contributed by atoms with E-state index < -0.39 is 0 Å². The largest absolute Gasteiger partial charge is 0.333 e. The standard InChI is InChI=1S/C48H34N2.C4H10/c1-3-15-33(16-4-1)37-19-7-8-20-38(37)35-27-29-36(30-28-35)49-43-25-13-10-22-40(43)47-45(49)31-32-46-48(47)41-23-11-14-26-44(41)50(46)42-24-12-9-21-39(42)34-17-5-2-6-18-34;1-3-4-2/h1-32,46,48H;3-4H2,1-2H3. The van der Waals surface area contributed by atoms with Crippen molar-refractivity contribution in [2.24, 2.45) is 0 Å². The van der Waals surface area contributed by atoms with Gasteiger partial charge in [0.2, 0.25) is 0 Å². The molecule has 2 heterocycles. The highest BCUT2D eigenvalue weighted by Crippen LogP contribution is 2.55. The molecule has 8 aromatic rings. The molecule has 10 rings (SSSR count). The average Bonchev–Trinajstić information content (AvgIpc) is 3.77. The van der Waals surface area contributed by atoms with Gasteiger partial charge in [-0.05, 0) is 75.4 Å². The molecule has 1 aliphatic carbocycles. The summed E-state index contributed by atoms with van der Waals surface area (Å²) >= 11 is 0. The lowest BCUT2D eigenvalue weighted by atomic mass is 9.82. The average molecular weight is 697 g/mol. The van der Waals surface area contributed by atoms with Crippen molar-refractivity contribution in [2.75, 3.05) is 4.90 Å². The molecule has 2 aliphatic rings. The maximum Gasteiger partial charge on any atom is 0.0637 e. The second-order valence-electron chi connectivity index (χ2n) is 14.2. The third kappa shape index (κ3) is 5.76. The van der Waals surface area contributed by atoms with Crippen LogP contribution >= 0.6 is 0 Å². The number of fused-ring (bicyclic) bond motifs is 7. The van der Waals surface area contributed by atoms with E-state index in [-0.39, 0.29) is 12.0 Å². The Morgan fingerprint density at radius 3 is 1.65 bits per heavy atom. The molecular formula is C52H44N2. The topological polar surface area (TPSA) is 8.17 Å². The lowest BCUT2D eigenvalue weighted by Crippen LogP contribution is -2.31. The summed E-state index contributed by atoms with van der Waals surface area (Å²) in [5.74, 6) is 0.193. The number of hydrogen-bond donors (Lipinski definition) is 0. The van der Waals surface area contributed by atoms with E-state index in [4.69, 9.17) is 0 Å². The Labute approximate surface area is 319 Å². The smallest absolute Gasteiger partial charge is 0.0637 e. The molecule has 0 saturated carbocycles. The fourth-order valence-electron chi connectivity index (χ4n) is 8.46. The van der Waals surface area contributed by atoms with Crippen LogP contribution in [0.15, 0.2) is 188 Å². The molecule has 2 atom stereocenters. The van der Waals surface area contributed by atoms with Gasteiger partial charge in [0.15, 0.2) is 0 Å². The first-order chi connectivity index (χ1) is 26.8. The SMILES string of the molecule is C1=CC2C(c3ccccc3N2c2ccccc2-c2ccccc2)c2c1n(-c1ccc(-c3ccccc3-c3ccccc3)cc1)c1ccccc21.CCCC. The van der Waals surface area contributed by atoms with Crippen molar-refractivity contribution in [3.05, 3.63) is 205 Å². The van der Waals surface area contributed by atoms with Crippen LogP contribution in [-0.4, -0.2) is 10.6 Å². The van der Waals surface area contributed by atoms with Crippen molar-refractivity contribution >= 4 is 28.4 Å². The summed E-state index contributed by atoms with van der Waals surface area (Å²) in [4.78, 5) is 2.58. The summed E-state index contributed by atoms with van der Waals surface area (Å²) in [6, 6.07) is 66.3. The van der Waals surface area contributed by atoms with Crippen molar-refractivity contribution in [1.82, 2.24) is 4.57 Å². The maximum absolute atomic E-state index is 2.58. The highest BCUT2D eigenvalue weighted by atomic mass is 15.2. The number of rotatable bonds is 6. The maximum atomic E-state index is 2.58. The Morgan fingerprint density at radius 2 is 0.981 bits per heavy atom. The van der Waals surface area contributed by atoms with Crippen LogP contribution in [0.4, 0.5) is 11.4 Å². The Kier molecular flexibility index (Phi) is 9.02. The molecule has 7 aromatic carbocycles. The number of para-hydroxylation sites is 3. The molecule has 0 bridgehead atoms. The summed E-state index contributed by atoms with van der Waals surface area (Å²) in [5, 5.41) is 1.31. The minimum absolute atomic E-state index is 0.154. The molecule has 262 valence electrons. The molecule has 0 amide bonds. The highest BCUT2D eigenvalue weighted by Gasteiger charge is 2.43. The molecular weight excluding hydrogens is 653 g/mol. The number of aromatic nitrogens is 1. The van der Waals surface area contributed by atoms with Crippen LogP contribution in [0.5, 0.6) is 0 Å². The third-order valence-electron chi connectivity index (χ3n) is 11.1. The highest BCUT2D eigenvalue weighted by molar-refractivity contribution is 5.96. The number of unbranched alkanes of at least 4 members (excludes halogenated alkanes) is 1. The molecule has 0 radical (unpaired) electrons. The van der Waals surface area contributed by atoms with Gasteiger partial charge >= 0.3 is 0 Å². The van der Waals surface area contributed by atoms with Gasteiger partial charge in [0, 0.05) is 33.9 Å². The predicted molar refractivity (Wildman–Crippen MR) is 230 cm³/mol. The molecule has 1 aromatic heterocycles. The summed E-state index contributed by atoms with van der Waals surface area (Å²) in [6.07, 6.45) is 7.45. The van der Waals surface area contributed by atoms with Crippen LogP contribution in [0.25, 0.3) is 56.0 Å². The molecule has 2 heteroatoms. The van der Waals surface area contributed by atoms with Gasteiger partial charge in [-0.25, -0.2) is 0 Å². The van der Waals surface area contributed by atoms with Crippen molar-refractivity contribution in [3.8, 4) is 39.1 Å². The first-order valence-corrected chi connectivity index (χ1v) is 19.4. The molecule has 0 fully saturated rings.